The Balaban J connectivity index is 1.65. The van der Waals surface area contributed by atoms with Gasteiger partial charge in [0.15, 0.2) is 17.3 Å². The number of hydrogen-bond donors (Lipinski definition) is 1. The number of anilines is 1. The maximum absolute atomic E-state index is 13.6. The van der Waals surface area contributed by atoms with Crippen molar-refractivity contribution < 1.29 is 28.5 Å². The third-order valence-corrected chi connectivity index (χ3v) is 6.05. The van der Waals surface area contributed by atoms with Gasteiger partial charge in [-0.15, -0.1) is 0 Å². The molecule has 4 rings (SSSR count). The van der Waals surface area contributed by atoms with Crippen molar-refractivity contribution in [3.63, 3.8) is 0 Å². The monoisotopic (exact) mass is 513 g/mol. The Bertz CT molecular complexity index is 1220. The highest BCUT2D eigenvalue weighted by Crippen LogP contribution is 2.39. The van der Waals surface area contributed by atoms with Crippen LogP contribution in [0.2, 0.25) is 5.02 Å². The maximum atomic E-state index is 13.6. The molecule has 10 heteroatoms. The lowest BCUT2D eigenvalue weighted by atomic mass is 10.0. The quantitative estimate of drug-likeness (QED) is 0.342. The molecular formula is C26H28ClN3O6. The largest absolute Gasteiger partial charge is 0.495 e. The SMILES string of the molecule is COc1ccc(CNc2nc(OCC3CC3)ncc2C(=O)c2cc(OC)c(OC)c(OC)c2)cc1Cl. The average Bonchev–Trinajstić information content (AvgIpc) is 3.74. The van der Waals surface area contributed by atoms with Crippen LogP contribution >= 0.6 is 11.6 Å². The second-order valence-corrected chi connectivity index (χ2v) is 8.64. The molecule has 36 heavy (non-hydrogen) atoms. The number of aromatic nitrogens is 2. The molecule has 0 amide bonds. The third kappa shape index (κ3) is 5.73. The van der Waals surface area contributed by atoms with Crippen LogP contribution < -0.4 is 29.0 Å². The fraction of sp³-hybridized carbons (Fsp3) is 0.346. The van der Waals surface area contributed by atoms with Gasteiger partial charge >= 0.3 is 6.01 Å². The van der Waals surface area contributed by atoms with Gasteiger partial charge in [-0.05, 0) is 48.6 Å². The smallest absolute Gasteiger partial charge is 0.318 e. The minimum Gasteiger partial charge on any atom is -0.495 e. The van der Waals surface area contributed by atoms with E-state index < -0.39 is 0 Å². The topological polar surface area (TPSA) is 101 Å². The number of methoxy groups -OCH3 is 4. The van der Waals surface area contributed by atoms with Crippen LogP contribution in [0.5, 0.6) is 29.0 Å². The molecule has 1 N–H and O–H groups in total. The van der Waals surface area contributed by atoms with E-state index in [1.54, 1.807) is 31.4 Å². The van der Waals surface area contributed by atoms with E-state index in [1.807, 2.05) is 6.07 Å². The molecule has 0 bridgehead atoms. The Morgan fingerprint density at radius 3 is 2.28 bits per heavy atom. The van der Waals surface area contributed by atoms with Crippen LogP contribution in [-0.2, 0) is 6.54 Å². The van der Waals surface area contributed by atoms with E-state index in [9.17, 15) is 4.79 Å². The molecule has 1 saturated carbocycles. The van der Waals surface area contributed by atoms with Gasteiger partial charge in [-0.1, -0.05) is 17.7 Å². The molecule has 2 aromatic carbocycles. The number of nitrogens with zero attached hydrogens (tertiary/aromatic N) is 2. The lowest BCUT2D eigenvalue weighted by molar-refractivity contribution is 0.103. The summed E-state index contributed by atoms with van der Waals surface area (Å²) in [6, 6.07) is 8.84. The van der Waals surface area contributed by atoms with Gasteiger partial charge in [0.25, 0.3) is 0 Å². The molecule has 9 nitrogen and oxygen atoms in total. The molecule has 190 valence electrons. The number of ketones is 1. The fourth-order valence-electron chi connectivity index (χ4n) is 3.59. The Morgan fingerprint density at radius 1 is 1.00 bits per heavy atom. The Morgan fingerprint density at radius 2 is 1.69 bits per heavy atom. The fourth-order valence-corrected chi connectivity index (χ4v) is 3.87. The highest BCUT2D eigenvalue weighted by molar-refractivity contribution is 6.32. The van der Waals surface area contributed by atoms with Crippen molar-refractivity contribution in [1.29, 1.82) is 0 Å². The predicted octanol–water partition coefficient (Wildman–Crippen LogP) is 4.80. The van der Waals surface area contributed by atoms with Gasteiger partial charge in [-0.2, -0.15) is 4.98 Å². The number of carbonyl (C=O) groups excluding carboxylic acids is 1. The van der Waals surface area contributed by atoms with Crippen LogP contribution in [0.1, 0.15) is 34.3 Å². The summed E-state index contributed by atoms with van der Waals surface area (Å²) in [6.07, 6.45) is 3.74. The molecule has 1 aliphatic carbocycles. The number of hydrogen-bond acceptors (Lipinski definition) is 9. The van der Waals surface area contributed by atoms with Gasteiger partial charge in [0.2, 0.25) is 5.75 Å². The summed E-state index contributed by atoms with van der Waals surface area (Å²) in [7, 11) is 6.05. The molecule has 0 radical (unpaired) electrons. The molecule has 0 aliphatic heterocycles. The molecule has 1 aliphatic rings. The van der Waals surface area contributed by atoms with Gasteiger partial charge in [0.05, 0.1) is 45.6 Å². The van der Waals surface area contributed by atoms with E-state index in [0.717, 1.165) is 18.4 Å². The number of rotatable bonds is 12. The first-order valence-corrected chi connectivity index (χ1v) is 11.8. The molecule has 1 heterocycles. The summed E-state index contributed by atoms with van der Waals surface area (Å²) < 4.78 is 27.1. The summed E-state index contributed by atoms with van der Waals surface area (Å²) in [4.78, 5) is 22.4. The number of benzene rings is 2. The molecule has 0 saturated heterocycles. The van der Waals surface area contributed by atoms with Gasteiger partial charge in [-0.25, -0.2) is 4.98 Å². The summed E-state index contributed by atoms with van der Waals surface area (Å²) in [5, 5.41) is 3.72. The summed E-state index contributed by atoms with van der Waals surface area (Å²) in [5.41, 5.74) is 1.48. The van der Waals surface area contributed by atoms with Crippen molar-refractivity contribution in [1.82, 2.24) is 9.97 Å². The van der Waals surface area contributed by atoms with Gasteiger partial charge in [0.1, 0.15) is 11.6 Å². The van der Waals surface area contributed by atoms with Crippen LogP contribution in [0, 0.1) is 5.92 Å². The van der Waals surface area contributed by atoms with Crippen LogP contribution in [0.3, 0.4) is 0 Å². The van der Waals surface area contributed by atoms with Gasteiger partial charge in [0, 0.05) is 18.3 Å². The van der Waals surface area contributed by atoms with Crippen molar-refractivity contribution in [3.8, 4) is 29.0 Å². The van der Waals surface area contributed by atoms with E-state index in [1.165, 1.54) is 27.5 Å². The Hall–Kier alpha value is -3.72. The third-order valence-electron chi connectivity index (χ3n) is 5.76. The van der Waals surface area contributed by atoms with Crippen molar-refractivity contribution in [2.45, 2.75) is 19.4 Å². The number of halogens is 1. The average molecular weight is 514 g/mol. The summed E-state index contributed by atoms with van der Waals surface area (Å²) >= 11 is 6.27. The summed E-state index contributed by atoms with van der Waals surface area (Å²) in [5.74, 6) is 2.26. The van der Waals surface area contributed by atoms with Crippen molar-refractivity contribution in [2.75, 3.05) is 40.4 Å². The van der Waals surface area contributed by atoms with Crippen LogP contribution in [-0.4, -0.2) is 50.8 Å². The van der Waals surface area contributed by atoms with Gasteiger partial charge in [-0.3, -0.25) is 4.79 Å². The lowest BCUT2D eigenvalue weighted by Gasteiger charge is -2.15. The van der Waals surface area contributed by atoms with E-state index >= 15 is 0 Å². The van der Waals surface area contributed by atoms with Gasteiger partial charge < -0.3 is 29.0 Å². The van der Waals surface area contributed by atoms with Crippen molar-refractivity contribution in [3.05, 3.63) is 58.2 Å². The van der Waals surface area contributed by atoms with Crippen LogP contribution in [0.25, 0.3) is 0 Å². The van der Waals surface area contributed by atoms with Crippen LogP contribution in [0.15, 0.2) is 36.5 Å². The highest BCUT2D eigenvalue weighted by Gasteiger charge is 2.24. The summed E-state index contributed by atoms with van der Waals surface area (Å²) in [6.45, 7) is 0.909. The van der Waals surface area contributed by atoms with E-state index in [0.29, 0.717) is 58.5 Å². The normalized spacial score (nSPS) is 12.6. The minimum atomic E-state index is -0.321. The molecule has 1 fully saturated rings. The number of nitrogens with one attached hydrogen (secondary N) is 1. The lowest BCUT2D eigenvalue weighted by Crippen LogP contribution is -2.13. The number of ether oxygens (including phenoxy) is 5. The first kappa shape index (κ1) is 25.4. The Labute approximate surface area is 214 Å². The standard InChI is InChI=1S/C26H28ClN3O6/c1-32-20-8-7-16(9-19(20)27)12-28-25-18(13-29-26(30-25)36-14-15-5-6-15)23(31)17-10-21(33-2)24(35-4)22(11-17)34-3/h7-11,13,15H,5-6,12,14H2,1-4H3,(H,28,29,30). The molecular weight excluding hydrogens is 486 g/mol. The zero-order valence-electron chi connectivity index (χ0n) is 20.6. The van der Waals surface area contributed by atoms with Crippen molar-refractivity contribution in [2.24, 2.45) is 5.92 Å². The zero-order valence-corrected chi connectivity index (χ0v) is 21.3. The second kappa shape index (κ2) is 11.3. The molecule has 0 unspecified atom stereocenters. The van der Waals surface area contributed by atoms with Crippen LogP contribution in [0.4, 0.5) is 5.82 Å². The molecule has 0 spiro atoms. The maximum Gasteiger partial charge on any atom is 0.318 e. The Kier molecular flexibility index (Phi) is 8.00. The molecule has 1 aromatic heterocycles. The highest BCUT2D eigenvalue weighted by atomic mass is 35.5. The first-order valence-electron chi connectivity index (χ1n) is 11.4. The minimum absolute atomic E-state index is 0.207. The van der Waals surface area contributed by atoms with E-state index in [4.69, 9.17) is 35.3 Å². The number of carbonyl (C=O) groups is 1. The first-order chi connectivity index (χ1) is 17.5. The molecule has 3 aromatic rings. The predicted molar refractivity (Wildman–Crippen MR) is 135 cm³/mol. The van der Waals surface area contributed by atoms with Crippen molar-refractivity contribution >= 4 is 23.2 Å². The molecule has 0 atom stereocenters. The van der Waals surface area contributed by atoms with E-state index in [-0.39, 0.29) is 17.4 Å². The van der Waals surface area contributed by atoms with E-state index in [2.05, 4.69) is 15.3 Å². The zero-order chi connectivity index (χ0) is 25.7. The second-order valence-electron chi connectivity index (χ2n) is 8.23.